The highest BCUT2D eigenvalue weighted by Gasteiger charge is 2.30. The van der Waals surface area contributed by atoms with E-state index in [0.29, 0.717) is 42.0 Å². The van der Waals surface area contributed by atoms with Crippen LogP contribution in [0.2, 0.25) is 0 Å². The summed E-state index contributed by atoms with van der Waals surface area (Å²) < 4.78 is 54.6. The molecular weight excluding hydrogens is 457 g/mol. The van der Waals surface area contributed by atoms with Gasteiger partial charge in [0.1, 0.15) is 5.75 Å². The molecule has 0 aliphatic heterocycles. The molecule has 0 saturated heterocycles. The van der Waals surface area contributed by atoms with Gasteiger partial charge >= 0.3 is 6.18 Å². The Labute approximate surface area is 191 Å². The quantitative estimate of drug-likeness (QED) is 0.232. The number of ether oxygens (including phenoxy) is 1. The summed E-state index contributed by atoms with van der Waals surface area (Å²) in [5.74, 6) is 2.46. The van der Waals surface area contributed by atoms with Crippen molar-refractivity contribution >= 4 is 11.8 Å². The number of alkyl halides is 3. The molecule has 0 N–H and O–H groups in total. The predicted octanol–water partition coefficient (Wildman–Crippen LogP) is 5.46. The van der Waals surface area contributed by atoms with E-state index in [1.165, 1.54) is 23.9 Å². The monoisotopic (exact) mass is 476 g/mol. The van der Waals surface area contributed by atoms with E-state index in [1.54, 1.807) is 7.11 Å². The Morgan fingerprint density at radius 1 is 1.03 bits per heavy atom. The lowest BCUT2D eigenvalue weighted by Gasteiger charge is -2.06. The fourth-order valence-electron chi connectivity index (χ4n) is 2.98. The summed E-state index contributed by atoms with van der Waals surface area (Å²) in [6.45, 7) is 0. The molecule has 33 heavy (non-hydrogen) atoms. The van der Waals surface area contributed by atoms with Crippen LogP contribution in [0.5, 0.6) is 5.75 Å². The lowest BCUT2D eigenvalue weighted by molar-refractivity contribution is -0.137. The molecule has 0 spiro atoms. The molecule has 0 radical (unpaired) electrons. The van der Waals surface area contributed by atoms with Crippen molar-refractivity contribution in [1.82, 2.24) is 20.3 Å². The Morgan fingerprint density at radius 2 is 1.85 bits per heavy atom. The lowest BCUT2D eigenvalue weighted by Crippen LogP contribution is -2.04. The van der Waals surface area contributed by atoms with E-state index in [2.05, 4.69) is 20.3 Å². The Bertz CT molecular complexity index is 1190. The Kier molecular flexibility index (Phi) is 6.97. The second-order valence-electron chi connectivity index (χ2n) is 7.03. The number of hydrogen-bond donors (Lipinski definition) is 0. The maximum absolute atomic E-state index is 12.9. The van der Waals surface area contributed by atoms with Crippen LogP contribution in [0, 0.1) is 0 Å². The standard InChI is InChI=1S/C22H19F3N4O3S/c1-30-17-9-7-14(8-10-17)12-19-27-28-21(31-19)33-11-3-6-18-26-20(29-32-18)15-4-2-5-16(13-15)22(23,24)25/h2,4-5,7-10,13H,3,6,11-12H2,1H3. The summed E-state index contributed by atoms with van der Waals surface area (Å²) in [4.78, 5) is 4.20. The van der Waals surface area contributed by atoms with Crippen molar-refractivity contribution in [3.05, 3.63) is 71.4 Å². The third-order valence-corrected chi connectivity index (χ3v) is 5.54. The molecule has 0 atom stereocenters. The molecule has 11 heteroatoms. The van der Waals surface area contributed by atoms with Crippen molar-refractivity contribution in [2.24, 2.45) is 0 Å². The van der Waals surface area contributed by atoms with E-state index in [-0.39, 0.29) is 11.4 Å². The number of methoxy groups -OCH3 is 1. The molecule has 0 bridgehead atoms. The number of rotatable bonds is 9. The first-order valence-corrected chi connectivity index (χ1v) is 11.0. The number of benzene rings is 2. The van der Waals surface area contributed by atoms with Crippen LogP contribution >= 0.6 is 11.8 Å². The van der Waals surface area contributed by atoms with Gasteiger partial charge in [-0.1, -0.05) is 41.2 Å². The zero-order valence-corrected chi connectivity index (χ0v) is 18.3. The molecule has 0 amide bonds. The average molecular weight is 476 g/mol. The molecule has 2 aromatic carbocycles. The Balaban J connectivity index is 1.25. The van der Waals surface area contributed by atoms with Gasteiger partial charge in [0.25, 0.3) is 5.22 Å². The third-order valence-electron chi connectivity index (χ3n) is 4.64. The fraction of sp³-hybridized carbons (Fsp3) is 0.273. The second kappa shape index (κ2) is 10.1. The smallest absolute Gasteiger partial charge is 0.416 e. The number of thioether (sulfide) groups is 1. The van der Waals surface area contributed by atoms with E-state index >= 15 is 0 Å². The summed E-state index contributed by atoms with van der Waals surface area (Å²) in [5, 5.41) is 12.4. The SMILES string of the molecule is COc1ccc(Cc2nnc(SCCCc3nc(-c4cccc(C(F)(F)F)c4)no3)o2)cc1. The fourth-order valence-corrected chi connectivity index (χ4v) is 3.69. The first-order chi connectivity index (χ1) is 15.9. The highest BCUT2D eigenvalue weighted by Crippen LogP contribution is 2.31. The van der Waals surface area contributed by atoms with Crippen LogP contribution in [-0.2, 0) is 19.0 Å². The molecule has 0 aliphatic carbocycles. The maximum atomic E-state index is 12.9. The van der Waals surface area contributed by atoms with Crippen LogP contribution in [-0.4, -0.2) is 33.2 Å². The van der Waals surface area contributed by atoms with Crippen molar-refractivity contribution in [1.29, 1.82) is 0 Å². The van der Waals surface area contributed by atoms with Crippen LogP contribution in [0.1, 0.15) is 29.3 Å². The van der Waals surface area contributed by atoms with E-state index in [0.717, 1.165) is 23.4 Å². The van der Waals surface area contributed by atoms with Crippen molar-refractivity contribution in [3.63, 3.8) is 0 Å². The number of aryl methyl sites for hydroxylation is 1. The maximum Gasteiger partial charge on any atom is 0.416 e. The van der Waals surface area contributed by atoms with Gasteiger partial charge in [0.2, 0.25) is 17.6 Å². The summed E-state index contributed by atoms with van der Waals surface area (Å²) in [5.41, 5.74) is 0.530. The number of halogens is 3. The zero-order chi connectivity index (χ0) is 23.3. The van der Waals surface area contributed by atoms with Crippen LogP contribution in [0.15, 0.2) is 62.7 Å². The summed E-state index contributed by atoms with van der Waals surface area (Å²) in [7, 11) is 1.62. The summed E-state index contributed by atoms with van der Waals surface area (Å²) >= 11 is 1.41. The second-order valence-corrected chi connectivity index (χ2v) is 8.08. The number of hydrogen-bond acceptors (Lipinski definition) is 8. The molecule has 0 fully saturated rings. The summed E-state index contributed by atoms with van der Waals surface area (Å²) in [6.07, 6.45) is -2.74. The van der Waals surface area contributed by atoms with Gasteiger partial charge in [0.05, 0.1) is 19.1 Å². The molecule has 0 saturated carbocycles. The van der Waals surface area contributed by atoms with Gasteiger partial charge in [-0.05, 0) is 36.2 Å². The Hall–Kier alpha value is -3.34. The van der Waals surface area contributed by atoms with Gasteiger partial charge in [-0.2, -0.15) is 18.2 Å². The number of aromatic nitrogens is 4. The first kappa shape index (κ1) is 22.8. The molecular formula is C22H19F3N4O3S. The topological polar surface area (TPSA) is 87.1 Å². The van der Waals surface area contributed by atoms with Gasteiger partial charge in [-0.25, -0.2) is 0 Å². The minimum Gasteiger partial charge on any atom is -0.497 e. The average Bonchev–Trinajstić information content (AvgIpc) is 3.46. The van der Waals surface area contributed by atoms with Gasteiger partial charge in [-0.15, -0.1) is 10.2 Å². The lowest BCUT2D eigenvalue weighted by atomic mass is 10.1. The summed E-state index contributed by atoms with van der Waals surface area (Å²) in [6, 6.07) is 12.5. The third kappa shape index (κ3) is 6.13. The molecule has 4 rings (SSSR count). The van der Waals surface area contributed by atoms with E-state index < -0.39 is 11.7 Å². The van der Waals surface area contributed by atoms with Gasteiger partial charge < -0.3 is 13.7 Å². The number of nitrogens with zero attached hydrogens (tertiary/aromatic N) is 4. The van der Waals surface area contributed by atoms with Gasteiger partial charge in [-0.3, -0.25) is 0 Å². The van der Waals surface area contributed by atoms with Crippen LogP contribution in [0.25, 0.3) is 11.4 Å². The highest BCUT2D eigenvalue weighted by molar-refractivity contribution is 7.99. The molecule has 0 aliphatic rings. The van der Waals surface area contributed by atoms with E-state index in [1.807, 2.05) is 24.3 Å². The minimum absolute atomic E-state index is 0.129. The highest BCUT2D eigenvalue weighted by atomic mass is 32.2. The molecule has 7 nitrogen and oxygen atoms in total. The van der Waals surface area contributed by atoms with E-state index in [4.69, 9.17) is 13.7 Å². The van der Waals surface area contributed by atoms with Gasteiger partial charge in [0, 0.05) is 17.7 Å². The van der Waals surface area contributed by atoms with Crippen molar-refractivity contribution in [2.45, 2.75) is 30.7 Å². The predicted molar refractivity (Wildman–Crippen MR) is 114 cm³/mol. The molecule has 2 heterocycles. The van der Waals surface area contributed by atoms with Gasteiger partial charge in [0.15, 0.2) is 0 Å². The molecule has 2 aromatic heterocycles. The zero-order valence-electron chi connectivity index (χ0n) is 17.5. The normalized spacial score (nSPS) is 11.6. The first-order valence-electron chi connectivity index (χ1n) is 9.99. The minimum atomic E-state index is -4.43. The molecule has 4 aromatic rings. The van der Waals surface area contributed by atoms with Crippen molar-refractivity contribution in [3.8, 4) is 17.1 Å². The van der Waals surface area contributed by atoms with E-state index in [9.17, 15) is 13.2 Å². The molecule has 0 unspecified atom stereocenters. The Morgan fingerprint density at radius 3 is 2.61 bits per heavy atom. The van der Waals surface area contributed by atoms with Crippen molar-refractivity contribution < 1.29 is 26.8 Å². The van der Waals surface area contributed by atoms with Crippen LogP contribution in [0.3, 0.4) is 0 Å². The van der Waals surface area contributed by atoms with Crippen LogP contribution in [0.4, 0.5) is 13.2 Å². The largest absolute Gasteiger partial charge is 0.497 e. The van der Waals surface area contributed by atoms with Crippen molar-refractivity contribution in [2.75, 3.05) is 12.9 Å². The van der Waals surface area contributed by atoms with Crippen LogP contribution < -0.4 is 4.74 Å². The molecule has 172 valence electrons.